The second kappa shape index (κ2) is 8.02. The Morgan fingerprint density at radius 3 is 2.26 bits per heavy atom. The molecule has 0 spiro atoms. The van der Waals surface area contributed by atoms with E-state index in [2.05, 4.69) is 5.32 Å². The van der Waals surface area contributed by atoms with Gasteiger partial charge in [-0.15, -0.1) is 0 Å². The zero-order valence-electron chi connectivity index (χ0n) is 13.6. The molecule has 0 saturated heterocycles. The molecule has 0 bridgehead atoms. The molecule has 0 unspecified atom stereocenters. The molecule has 1 rings (SSSR count). The SMILES string of the molecule is CCN(c1cc(OC)c(OC)cc1C(=O)NCCO)S(C)(=O)=O. The van der Waals surface area contributed by atoms with Gasteiger partial charge in [-0.3, -0.25) is 9.10 Å². The largest absolute Gasteiger partial charge is 0.493 e. The number of rotatable bonds is 8. The van der Waals surface area contributed by atoms with E-state index in [9.17, 15) is 13.2 Å². The van der Waals surface area contributed by atoms with Gasteiger partial charge < -0.3 is 19.9 Å². The lowest BCUT2D eigenvalue weighted by Crippen LogP contribution is -2.33. The minimum absolute atomic E-state index is 0.0532. The maximum atomic E-state index is 12.3. The Morgan fingerprint density at radius 2 is 1.83 bits per heavy atom. The topological polar surface area (TPSA) is 105 Å². The Bertz CT molecular complexity index is 659. The van der Waals surface area contributed by atoms with E-state index in [0.29, 0.717) is 11.5 Å². The molecule has 0 saturated carbocycles. The van der Waals surface area contributed by atoms with Gasteiger partial charge in [-0.1, -0.05) is 0 Å². The first-order valence-corrected chi connectivity index (χ1v) is 8.77. The van der Waals surface area contributed by atoms with Crippen LogP contribution in [0.5, 0.6) is 11.5 Å². The van der Waals surface area contributed by atoms with Crippen molar-refractivity contribution in [3.8, 4) is 11.5 Å². The number of nitrogens with one attached hydrogen (secondary N) is 1. The van der Waals surface area contributed by atoms with Gasteiger partial charge in [0.2, 0.25) is 10.0 Å². The summed E-state index contributed by atoms with van der Waals surface area (Å²) in [5.74, 6) is 0.0929. The molecule has 8 nitrogen and oxygen atoms in total. The molecular weight excluding hydrogens is 324 g/mol. The summed E-state index contributed by atoms with van der Waals surface area (Å²) in [6, 6.07) is 2.85. The predicted octanol–water partition coefficient (Wildman–Crippen LogP) is 0.212. The molecule has 0 aliphatic carbocycles. The number of ether oxygens (including phenoxy) is 2. The number of sulfonamides is 1. The van der Waals surface area contributed by atoms with Crippen molar-refractivity contribution in [1.82, 2.24) is 5.32 Å². The molecule has 23 heavy (non-hydrogen) atoms. The third kappa shape index (κ3) is 4.49. The summed E-state index contributed by atoms with van der Waals surface area (Å²) in [7, 11) is -0.743. The van der Waals surface area contributed by atoms with E-state index in [4.69, 9.17) is 14.6 Å². The van der Waals surface area contributed by atoms with Crippen LogP contribution in [0.4, 0.5) is 5.69 Å². The first-order chi connectivity index (χ1) is 10.8. The Morgan fingerprint density at radius 1 is 1.26 bits per heavy atom. The molecule has 0 radical (unpaired) electrons. The summed E-state index contributed by atoms with van der Waals surface area (Å²) in [4.78, 5) is 12.3. The van der Waals surface area contributed by atoms with E-state index in [1.807, 2.05) is 0 Å². The lowest BCUT2D eigenvalue weighted by molar-refractivity contribution is 0.0945. The fourth-order valence-corrected chi connectivity index (χ4v) is 3.08. The zero-order valence-corrected chi connectivity index (χ0v) is 14.4. The molecule has 0 fully saturated rings. The third-order valence-electron chi connectivity index (χ3n) is 3.10. The first-order valence-electron chi connectivity index (χ1n) is 6.92. The minimum Gasteiger partial charge on any atom is -0.493 e. The van der Waals surface area contributed by atoms with Crippen molar-refractivity contribution in [1.29, 1.82) is 0 Å². The number of hydrogen-bond acceptors (Lipinski definition) is 6. The van der Waals surface area contributed by atoms with Gasteiger partial charge in [0, 0.05) is 19.2 Å². The van der Waals surface area contributed by atoms with Crippen LogP contribution in [0.15, 0.2) is 12.1 Å². The van der Waals surface area contributed by atoms with Gasteiger partial charge in [0.25, 0.3) is 5.91 Å². The third-order valence-corrected chi connectivity index (χ3v) is 4.36. The second-order valence-electron chi connectivity index (χ2n) is 4.63. The van der Waals surface area contributed by atoms with Gasteiger partial charge in [-0.05, 0) is 13.0 Å². The average molecular weight is 346 g/mol. The van der Waals surface area contributed by atoms with E-state index >= 15 is 0 Å². The molecule has 130 valence electrons. The van der Waals surface area contributed by atoms with Crippen LogP contribution < -0.4 is 19.1 Å². The highest BCUT2D eigenvalue weighted by molar-refractivity contribution is 7.92. The van der Waals surface area contributed by atoms with Crippen molar-refractivity contribution < 1.29 is 27.8 Å². The number of benzene rings is 1. The maximum Gasteiger partial charge on any atom is 0.253 e. The summed E-state index contributed by atoms with van der Waals surface area (Å²) in [6.07, 6.45) is 1.06. The molecule has 0 aliphatic heterocycles. The van der Waals surface area contributed by atoms with Gasteiger partial charge in [0.15, 0.2) is 11.5 Å². The lowest BCUT2D eigenvalue weighted by Gasteiger charge is -2.24. The lowest BCUT2D eigenvalue weighted by atomic mass is 10.1. The van der Waals surface area contributed by atoms with Crippen LogP contribution in [0, 0.1) is 0 Å². The van der Waals surface area contributed by atoms with Crippen molar-refractivity contribution in [2.75, 3.05) is 44.5 Å². The van der Waals surface area contributed by atoms with Gasteiger partial charge >= 0.3 is 0 Å². The van der Waals surface area contributed by atoms with Crippen LogP contribution in [0.25, 0.3) is 0 Å². The summed E-state index contributed by atoms with van der Waals surface area (Å²) in [5, 5.41) is 11.3. The summed E-state index contributed by atoms with van der Waals surface area (Å²) in [6.45, 7) is 1.64. The number of carbonyl (C=O) groups excluding carboxylic acids is 1. The molecule has 2 N–H and O–H groups in total. The molecule has 0 aromatic heterocycles. The van der Waals surface area contributed by atoms with Crippen LogP contribution in [-0.2, 0) is 10.0 Å². The number of methoxy groups -OCH3 is 2. The smallest absolute Gasteiger partial charge is 0.253 e. The Kier molecular flexibility index (Phi) is 6.64. The maximum absolute atomic E-state index is 12.3. The Labute approximate surface area is 136 Å². The number of carbonyl (C=O) groups is 1. The van der Waals surface area contributed by atoms with Gasteiger partial charge in [0.05, 0.1) is 38.3 Å². The number of aliphatic hydroxyl groups excluding tert-OH is 1. The minimum atomic E-state index is -3.58. The van der Waals surface area contributed by atoms with E-state index in [-0.39, 0.29) is 30.9 Å². The van der Waals surface area contributed by atoms with Crippen molar-refractivity contribution in [2.45, 2.75) is 6.92 Å². The fraction of sp³-hybridized carbons (Fsp3) is 0.500. The Balaban J connectivity index is 3.53. The van der Waals surface area contributed by atoms with Gasteiger partial charge in [-0.25, -0.2) is 8.42 Å². The molecule has 1 amide bonds. The van der Waals surface area contributed by atoms with Gasteiger partial charge in [-0.2, -0.15) is 0 Å². The highest BCUT2D eigenvalue weighted by Crippen LogP contribution is 2.36. The van der Waals surface area contributed by atoms with Crippen LogP contribution >= 0.6 is 0 Å². The van der Waals surface area contributed by atoms with Crippen LogP contribution in [0.1, 0.15) is 17.3 Å². The van der Waals surface area contributed by atoms with E-state index in [1.165, 1.54) is 26.4 Å². The van der Waals surface area contributed by atoms with Gasteiger partial charge in [0.1, 0.15) is 0 Å². The molecule has 0 atom stereocenters. The predicted molar refractivity (Wildman–Crippen MR) is 86.8 cm³/mol. The van der Waals surface area contributed by atoms with Crippen molar-refractivity contribution in [2.24, 2.45) is 0 Å². The second-order valence-corrected chi connectivity index (χ2v) is 6.54. The van der Waals surface area contributed by atoms with E-state index in [0.717, 1.165) is 10.6 Å². The normalized spacial score (nSPS) is 11.0. The van der Waals surface area contributed by atoms with Crippen LogP contribution in [0.2, 0.25) is 0 Å². The first kappa shape index (κ1) is 19.0. The highest BCUT2D eigenvalue weighted by atomic mass is 32.2. The highest BCUT2D eigenvalue weighted by Gasteiger charge is 2.24. The van der Waals surface area contributed by atoms with Crippen molar-refractivity contribution >= 4 is 21.6 Å². The number of anilines is 1. The molecule has 1 aromatic rings. The Hall–Kier alpha value is -2.00. The number of hydrogen-bond donors (Lipinski definition) is 2. The quantitative estimate of drug-likeness (QED) is 0.697. The standard InChI is InChI=1S/C14H22N2O6S/c1-5-16(23(4,19)20)11-9-13(22-3)12(21-2)8-10(11)14(18)15-6-7-17/h8-9,17H,5-7H2,1-4H3,(H,15,18). The molecular formula is C14H22N2O6S. The number of amides is 1. The van der Waals surface area contributed by atoms with E-state index in [1.54, 1.807) is 6.92 Å². The van der Waals surface area contributed by atoms with Crippen LogP contribution in [-0.4, -0.2) is 59.6 Å². The molecule has 0 heterocycles. The molecule has 1 aromatic carbocycles. The average Bonchev–Trinajstić information content (AvgIpc) is 2.51. The fourth-order valence-electron chi connectivity index (χ4n) is 2.10. The summed E-state index contributed by atoms with van der Waals surface area (Å²) < 4.78 is 35.4. The molecule has 9 heteroatoms. The summed E-state index contributed by atoms with van der Waals surface area (Å²) >= 11 is 0. The van der Waals surface area contributed by atoms with Crippen molar-refractivity contribution in [3.63, 3.8) is 0 Å². The van der Waals surface area contributed by atoms with Crippen LogP contribution in [0.3, 0.4) is 0 Å². The van der Waals surface area contributed by atoms with Crippen molar-refractivity contribution in [3.05, 3.63) is 17.7 Å². The zero-order chi connectivity index (χ0) is 17.6. The van der Waals surface area contributed by atoms with E-state index < -0.39 is 15.9 Å². The number of nitrogens with zero attached hydrogens (tertiary/aromatic N) is 1. The number of aliphatic hydroxyl groups is 1. The molecule has 0 aliphatic rings. The summed E-state index contributed by atoms with van der Waals surface area (Å²) in [5.41, 5.74) is 0.298. The monoisotopic (exact) mass is 346 g/mol.